The summed E-state index contributed by atoms with van der Waals surface area (Å²) in [4.78, 5) is 49.8. The quantitative estimate of drug-likeness (QED) is 0.0793. The Morgan fingerprint density at radius 1 is 0.976 bits per heavy atom. The Morgan fingerprint density at radius 2 is 1.56 bits per heavy atom. The second-order valence-corrected chi connectivity index (χ2v) is 12.5. The molecule has 1 aliphatic heterocycles. The lowest BCUT2D eigenvalue weighted by atomic mass is 9.89. The molecule has 0 fully saturated rings. The van der Waals surface area contributed by atoms with E-state index in [1.807, 2.05) is 13.8 Å². The van der Waals surface area contributed by atoms with Gasteiger partial charge in [-0.05, 0) is 38.3 Å². The lowest BCUT2D eigenvalue weighted by Crippen LogP contribution is -2.39. The number of carbonyl (C=O) groups is 4. The van der Waals surface area contributed by atoms with Crippen molar-refractivity contribution in [1.29, 1.82) is 0 Å². The number of ether oxygens (including phenoxy) is 2. The Bertz CT molecular complexity index is 1030. The van der Waals surface area contributed by atoms with Gasteiger partial charge in [0.1, 0.15) is 18.0 Å². The number of amides is 1. The maximum atomic E-state index is 13.1. The molecule has 0 aromatic heterocycles. The van der Waals surface area contributed by atoms with Crippen molar-refractivity contribution in [2.45, 2.75) is 136 Å². The Labute approximate surface area is 246 Å². The minimum absolute atomic E-state index is 0.0770. The molecule has 1 atom stereocenters. The van der Waals surface area contributed by atoms with Crippen LogP contribution in [0.25, 0.3) is 0 Å². The van der Waals surface area contributed by atoms with Gasteiger partial charge in [0.15, 0.2) is 11.6 Å². The van der Waals surface area contributed by atoms with E-state index in [1.54, 1.807) is 6.07 Å². The number of carbonyl (C=O) groups excluding carboxylic acids is 4. The first-order valence-corrected chi connectivity index (χ1v) is 15.5. The number of anilines is 1. The first-order valence-electron chi connectivity index (χ1n) is 15.5. The van der Waals surface area contributed by atoms with Gasteiger partial charge in [0.25, 0.3) is 0 Å². The molecule has 8 heteroatoms. The highest BCUT2D eigenvalue weighted by Gasteiger charge is 2.35. The highest BCUT2D eigenvalue weighted by Crippen LogP contribution is 2.38. The first kappa shape index (κ1) is 34.3. The summed E-state index contributed by atoms with van der Waals surface area (Å²) < 4.78 is 11.3. The van der Waals surface area contributed by atoms with Gasteiger partial charge >= 0.3 is 5.97 Å². The van der Waals surface area contributed by atoms with Crippen molar-refractivity contribution in [2.75, 3.05) is 12.3 Å². The van der Waals surface area contributed by atoms with Gasteiger partial charge in [-0.1, -0.05) is 78.1 Å². The van der Waals surface area contributed by atoms with Crippen LogP contribution < -0.4 is 15.8 Å². The zero-order valence-electron chi connectivity index (χ0n) is 25.9. The molecule has 0 spiro atoms. The van der Waals surface area contributed by atoms with Crippen molar-refractivity contribution >= 4 is 29.1 Å². The zero-order chi connectivity index (χ0) is 30.4. The Balaban J connectivity index is 1.72. The Hall–Kier alpha value is -2.90. The second-order valence-electron chi connectivity index (χ2n) is 12.5. The van der Waals surface area contributed by atoms with Crippen molar-refractivity contribution in [3.05, 3.63) is 23.3 Å². The number of esters is 1. The summed E-state index contributed by atoms with van der Waals surface area (Å²) in [5.41, 5.74) is 6.07. The van der Waals surface area contributed by atoms with Crippen molar-refractivity contribution in [1.82, 2.24) is 5.32 Å². The van der Waals surface area contributed by atoms with Crippen LogP contribution in [0.1, 0.15) is 145 Å². The summed E-state index contributed by atoms with van der Waals surface area (Å²) in [6.45, 7) is 9.43. The van der Waals surface area contributed by atoms with Gasteiger partial charge in [0, 0.05) is 25.3 Å². The molecule has 0 radical (unpaired) electrons. The van der Waals surface area contributed by atoms with E-state index >= 15 is 0 Å². The number of unbranched alkanes of at least 4 members (excludes halogenated alkanes) is 9. The fourth-order valence-corrected chi connectivity index (χ4v) is 5.30. The van der Waals surface area contributed by atoms with E-state index in [0.717, 1.165) is 25.2 Å². The highest BCUT2D eigenvalue weighted by atomic mass is 16.5. The molecule has 41 heavy (non-hydrogen) atoms. The topological polar surface area (TPSA) is 125 Å². The van der Waals surface area contributed by atoms with Gasteiger partial charge in [-0.3, -0.25) is 19.2 Å². The van der Waals surface area contributed by atoms with Crippen LogP contribution >= 0.6 is 0 Å². The molecular weight excluding hydrogens is 520 g/mol. The Kier molecular flexibility index (Phi) is 14.3. The number of Topliss-reactive ketones (excluding diaryl/α,β-unsaturated/α-hetero) is 2. The molecule has 2 rings (SSSR count). The average molecular weight is 573 g/mol. The predicted molar refractivity (Wildman–Crippen MR) is 162 cm³/mol. The predicted octanol–water partition coefficient (Wildman–Crippen LogP) is 6.97. The normalized spacial score (nSPS) is 14.7. The van der Waals surface area contributed by atoms with Crippen LogP contribution in [0.4, 0.5) is 5.69 Å². The zero-order valence-corrected chi connectivity index (χ0v) is 25.9. The van der Waals surface area contributed by atoms with Crippen LogP contribution in [-0.2, 0) is 14.3 Å². The van der Waals surface area contributed by atoms with E-state index < -0.39 is 11.6 Å². The highest BCUT2D eigenvalue weighted by molar-refractivity contribution is 6.11. The monoisotopic (exact) mass is 572 g/mol. The van der Waals surface area contributed by atoms with Crippen molar-refractivity contribution in [2.24, 2.45) is 5.92 Å². The van der Waals surface area contributed by atoms with Gasteiger partial charge < -0.3 is 20.5 Å². The summed E-state index contributed by atoms with van der Waals surface area (Å²) in [7, 11) is 0. The third-order valence-electron chi connectivity index (χ3n) is 7.46. The summed E-state index contributed by atoms with van der Waals surface area (Å²) in [6, 6.07) is 2.42. The van der Waals surface area contributed by atoms with E-state index in [0.29, 0.717) is 12.2 Å². The second kappa shape index (κ2) is 17.1. The maximum absolute atomic E-state index is 13.1. The number of hydrogen-bond acceptors (Lipinski definition) is 7. The maximum Gasteiger partial charge on any atom is 0.305 e. The number of nitrogens with one attached hydrogen (secondary N) is 1. The van der Waals surface area contributed by atoms with Gasteiger partial charge in [-0.25, -0.2) is 0 Å². The van der Waals surface area contributed by atoms with E-state index in [1.165, 1.54) is 64.4 Å². The molecule has 1 aromatic carbocycles. The van der Waals surface area contributed by atoms with Crippen LogP contribution in [0, 0.1) is 5.92 Å². The molecule has 1 amide bonds. The SMILES string of the molecule is CC(=O)NC(COC(=O)CCCCCCCCCCCCC(C)C)CC(=O)c1ccc2c(c1N)C(=O)CC(C)(C)O2. The molecule has 0 saturated heterocycles. The molecule has 3 N–H and O–H groups in total. The molecule has 1 heterocycles. The molecule has 8 nitrogen and oxygen atoms in total. The van der Waals surface area contributed by atoms with Crippen LogP contribution in [0.5, 0.6) is 5.75 Å². The lowest BCUT2D eigenvalue weighted by molar-refractivity contribution is -0.145. The van der Waals surface area contributed by atoms with Crippen molar-refractivity contribution in [3.8, 4) is 5.75 Å². The number of rotatable bonds is 19. The van der Waals surface area contributed by atoms with Gasteiger partial charge in [0.2, 0.25) is 5.91 Å². The summed E-state index contributed by atoms with van der Waals surface area (Å²) in [5.74, 6) is -0.0402. The van der Waals surface area contributed by atoms with E-state index in [4.69, 9.17) is 15.2 Å². The number of fused-ring (bicyclic) bond motifs is 1. The van der Waals surface area contributed by atoms with E-state index in [2.05, 4.69) is 19.2 Å². The number of benzene rings is 1. The molecule has 0 bridgehead atoms. The third kappa shape index (κ3) is 12.7. The average Bonchev–Trinajstić information content (AvgIpc) is 2.86. The number of nitrogen functional groups attached to an aromatic ring is 1. The van der Waals surface area contributed by atoms with Gasteiger partial charge in [-0.2, -0.15) is 0 Å². The van der Waals surface area contributed by atoms with Crippen molar-refractivity contribution < 1.29 is 28.7 Å². The molecule has 0 aliphatic carbocycles. The van der Waals surface area contributed by atoms with E-state index in [9.17, 15) is 19.2 Å². The molecule has 1 aromatic rings. The summed E-state index contributed by atoms with van der Waals surface area (Å²) in [5, 5.41) is 2.68. The smallest absolute Gasteiger partial charge is 0.305 e. The summed E-state index contributed by atoms with van der Waals surface area (Å²) >= 11 is 0. The van der Waals surface area contributed by atoms with Gasteiger partial charge in [-0.15, -0.1) is 0 Å². The molecule has 1 aliphatic rings. The van der Waals surface area contributed by atoms with Crippen LogP contribution in [0.15, 0.2) is 12.1 Å². The summed E-state index contributed by atoms with van der Waals surface area (Å²) in [6.07, 6.45) is 13.6. The molecule has 1 unspecified atom stereocenters. The standard InChI is InChI=1S/C33H52N2O6/c1-23(2)16-14-12-10-8-6-7-9-11-13-15-17-30(39)40-22-25(35-24(3)36)20-27(37)26-18-19-29-31(32(26)34)28(38)21-33(4,5)41-29/h18-19,23,25H,6-17,20-22,34H2,1-5H3,(H,35,36). The first-order chi connectivity index (χ1) is 19.4. The fraction of sp³-hybridized carbons (Fsp3) is 0.697. The molecule has 0 saturated carbocycles. The number of nitrogens with two attached hydrogens (primary N) is 1. The van der Waals surface area contributed by atoms with Gasteiger partial charge in [0.05, 0.1) is 23.7 Å². The minimum Gasteiger partial charge on any atom is -0.487 e. The minimum atomic E-state index is -0.698. The van der Waals surface area contributed by atoms with Crippen LogP contribution in [0.2, 0.25) is 0 Å². The molecule has 230 valence electrons. The fourth-order valence-electron chi connectivity index (χ4n) is 5.30. The van der Waals surface area contributed by atoms with Crippen LogP contribution in [-0.4, -0.2) is 41.7 Å². The van der Waals surface area contributed by atoms with Crippen molar-refractivity contribution in [3.63, 3.8) is 0 Å². The third-order valence-corrected chi connectivity index (χ3v) is 7.46. The van der Waals surface area contributed by atoms with Crippen LogP contribution in [0.3, 0.4) is 0 Å². The number of hydrogen-bond donors (Lipinski definition) is 2. The lowest BCUT2D eigenvalue weighted by Gasteiger charge is -2.32. The number of ketones is 2. The van der Waals surface area contributed by atoms with E-state index in [-0.39, 0.29) is 59.7 Å². The largest absolute Gasteiger partial charge is 0.487 e. The Morgan fingerprint density at radius 3 is 2.15 bits per heavy atom. The molecular formula is C33H52N2O6.